The number of ether oxygens (including phenoxy) is 1. The Morgan fingerprint density at radius 2 is 1.71 bits per heavy atom. The summed E-state index contributed by atoms with van der Waals surface area (Å²) in [5, 5.41) is 4.02. The average molecular weight is 324 g/mol. The number of benzene rings is 2. The van der Waals surface area contributed by atoms with Gasteiger partial charge in [0.1, 0.15) is 11.7 Å². The van der Waals surface area contributed by atoms with Crippen LogP contribution < -0.4 is 15.1 Å². The lowest BCUT2D eigenvalue weighted by Crippen LogP contribution is -2.33. The molecular formula is C18H16N2O4. The number of imide groups is 1. The number of methoxy groups -OCH3 is 1. The lowest BCUT2D eigenvalue weighted by atomic mass is 9.90. The number of amides is 2. The fraction of sp³-hybridized carbons (Fsp3) is 0.222. The standard InChI is InChI=1S/C18H16N2O4/c1-23-13-9-7-11(8-10-13)15-14-16(18(22)19-17(14)21)24-20(15)12-5-3-2-4-6-12/h2-10,14-16H,1H3,(H,19,21,22)/t14-,15-,16+/m0/s1. The zero-order valence-electron chi connectivity index (χ0n) is 13.0. The van der Waals surface area contributed by atoms with E-state index in [1.807, 2.05) is 54.6 Å². The molecule has 0 bridgehead atoms. The Labute approximate surface area is 138 Å². The van der Waals surface area contributed by atoms with Crippen molar-refractivity contribution >= 4 is 17.5 Å². The van der Waals surface area contributed by atoms with Crippen molar-refractivity contribution in [3.8, 4) is 5.75 Å². The summed E-state index contributed by atoms with van der Waals surface area (Å²) in [5.74, 6) is -0.537. The Hall–Kier alpha value is -2.86. The molecule has 6 heteroatoms. The van der Waals surface area contributed by atoms with Gasteiger partial charge in [-0.05, 0) is 29.8 Å². The largest absolute Gasteiger partial charge is 0.497 e. The number of carbonyl (C=O) groups excluding carboxylic acids is 2. The SMILES string of the molecule is COc1ccc([C@H]2[C@@H]3C(=O)NC(=O)[C@@H]3ON2c2ccccc2)cc1. The van der Waals surface area contributed by atoms with Crippen molar-refractivity contribution < 1.29 is 19.2 Å². The average Bonchev–Trinajstić information content (AvgIpc) is 3.14. The van der Waals surface area contributed by atoms with Gasteiger partial charge in [0.15, 0.2) is 6.10 Å². The molecule has 2 amide bonds. The highest BCUT2D eigenvalue weighted by Crippen LogP contribution is 2.44. The molecule has 2 aliphatic rings. The van der Waals surface area contributed by atoms with Crippen LogP contribution in [0.2, 0.25) is 0 Å². The summed E-state index contributed by atoms with van der Waals surface area (Å²) in [6, 6.07) is 16.5. The van der Waals surface area contributed by atoms with Crippen molar-refractivity contribution in [2.75, 3.05) is 12.2 Å². The highest BCUT2D eigenvalue weighted by atomic mass is 16.7. The van der Waals surface area contributed by atoms with Crippen LogP contribution in [0.15, 0.2) is 54.6 Å². The van der Waals surface area contributed by atoms with Crippen LogP contribution in [0, 0.1) is 5.92 Å². The molecule has 2 aromatic carbocycles. The van der Waals surface area contributed by atoms with Gasteiger partial charge < -0.3 is 4.74 Å². The van der Waals surface area contributed by atoms with Crippen LogP contribution in [0.4, 0.5) is 5.69 Å². The Morgan fingerprint density at radius 1 is 1.00 bits per heavy atom. The second kappa shape index (κ2) is 5.65. The second-order valence-corrected chi connectivity index (χ2v) is 5.78. The Kier molecular flexibility index (Phi) is 3.46. The number of nitrogens with one attached hydrogen (secondary N) is 1. The van der Waals surface area contributed by atoms with E-state index < -0.39 is 12.0 Å². The molecule has 0 saturated carbocycles. The third-order valence-electron chi connectivity index (χ3n) is 4.42. The molecule has 2 fully saturated rings. The zero-order chi connectivity index (χ0) is 16.7. The van der Waals surface area contributed by atoms with Crippen molar-refractivity contribution in [2.24, 2.45) is 5.92 Å². The van der Waals surface area contributed by atoms with Crippen LogP contribution in [0.5, 0.6) is 5.75 Å². The molecule has 2 saturated heterocycles. The van der Waals surface area contributed by atoms with Gasteiger partial charge in [-0.15, -0.1) is 0 Å². The molecule has 0 radical (unpaired) electrons. The number of fused-ring (bicyclic) bond motifs is 1. The Balaban J connectivity index is 1.78. The van der Waals surface area contributed by atoms with E-state index in [-0.39, 0.29) is 17.9 Å². The maximum Gasteiger partial charge on any atom is 0.259 e. The predicted molar refractivity (Wildman–Crippen MR) is 86.2 cm³/mol. The fourth-order valence-electron chi connectivity index (χ4n) is 3.27. The molecule has 2 aliphatic heterocycles. The van der Waals surface area contributed by atoms with Gasteiger partial charge in [0.05, 0.1) is 18.8 Å². The van der Waals surface area contributed by atoms with Crippen molar-refractivity contribution in [3.63, 3.8) is 0 Å². The van der Waals surface area contributed by atoms with Gasteiger partial charge in [0.25, 0.3) is 5.91 Å². The zero-order valence-corrected chi connectivity index (χ0v) is 13.0. The van der Waals surface area contributed by atoms with Gasteiger partial charge in [0.2, 0.25) is 5.91 Å². The van der Waals surface area contributed by atoms with Gasteiger partial charge in [0, 0.05) is 0 Å². The number of carbonyl (C=O) groups is 2. The van der Waals surface area contributed by atoms with Crippen molar-refractivity contribution in [1.29, 1.82) is 0 Å². The summed E-state index contributed by atoms with van der Waals surface area (Å²) >= 11 is 0. The topological polar surface area (TPSA) is 67.9 Å². The molecule has 0 spiro atoms. The van der Waals surface area contributed by atoms with E-state index in [2.05, 4.69) is 5.32 Å². The van der Waals surface area contributed by atoms with E-state index in [4.69, 9.17) is 9.57 Å². The lowest BCUT2D eigenvalue weighted by molar-refractivity contribution is -0.129. The Bertz CT molecular complexity index is 775. The molecule has 6 nitrogen and oxygen atoms in total. The first-order valence-corrected chi connectivity index (χ1v) is 7.69. The number of anilines is 1. The maximum atomic E-state index is 12.3. The predicted octanol–water partition coefficient (Wildman–Crippen LogP) is 1.83. The third kappa shape index (κ3) is 2.23. The third-order valence-corrected chi connectivity index (χ3v) is 4.42. The first-order valence-electron chi connectivity index (χ1n) is 7.69. The number of rotatable bonds is 3. The van der Waals surface area contributed by atoms with E-state index in [1.165, 1.54) is 0 Å². The van der Waals surface area contributed by atoms with Crippen LogP contribution in [0.3, 0.4) is 0 Å². The van der Waals surface area contributed by atoms with E-state index in [9.17, 15) is 9.59 Å². The molecule has 122 valence electrons. The number of para-hydroxylation sites is 1. The number of hydrogen-bond acceptors (Lipinski definition) is 5. The van der Waals surface area contributed by atoms with Crippen LogP contribution in [0.1, 0.15) is 11.6 Å². The van der Waals surface area contributed by atoms with Crippen LogP contribution in [0.25, 0.3) is 0 Å². The molecule has 2 aromatic rings. The van der Waals surface area contributed by atoms with Crippen LogP contribution in [-0.4, -0.2) is 25.0 Å². The molecule has 1 N–H and O–H groups in total. The van der Waals surface area contributed by atoms with E-state index in [0.717, 1.165) is 17.0 Å². The van der Waals surface area contributed by atoms with Gasteiger partial charge >= 0.3 is 0 Å². The maximum absolute atomic E-state index is 12.3. The summed E-state index contributed by atoms with van der Waals surface area (Å²) in [7, 11) is 1.60. The molecule has 0 aliphatic carbocycles. The highest BCUT2D eigenvalue weighted by Gasteiger charge is 2.56. The molecule has 3 atom stereocenters. The molecule has 2 heterocycles. The Morgan fingerprint density at radius 3 is 2.38 bits per heavy atom. The first-order chi connectivity index (χ1) is 11.7. The lowest BCUT2D eigenvalue weighted by Gasteiger charge is -2.27. The number of hydroxylamine groups is 1. The van der Waals surface area contributed by atoms with Crippen molar-refractivity contribution in [3.05, 3.63) is 60.2 Å². The minimum Gasteiger partial charge on any atom is -0.497 e. The molecule has 0 unspecified atom stereocenters. The van der Waals surface area contributed by atoms with Crippen LogP contribution >= 0.6 is 0 Å². The monoisotopic (exact) mass is 324 g/mol. The van der Waals surface area contributed by atoms with Gasteiger partial charge in [-0.25, -0.2) is 5.06 Å². The summed E-state index contributed by atoms with van der Waals surface area (Å²) in [6.45, 7) is 0. The van der Waals surface area contributed by atoms with Crippen LogP contribution in [-0.2, 0) is 14.4 Å². The summed E-state index contributed by atoms with van der Waals surface area (Å²) in [4.78, 5) is 30.2. The van der Waals surface area contributed by atoms with Crippen molar-refractivity contribution in [1.82, 2.24) is 5.32 Å². The molecule has 4 rings (SSSR count). The highest BCUT2D eigenvalue weighted by molar-refractivity contribution is 6.07. The fourth-order valence-corrected chi connectivity index (χ4v) is 3.27. The normalized spacial score (nSPS) is 25.5. The van der Waals surface area contributed by atoms with Crippen molar-refractivity contribution in [2.45, 2.75) is 12.1 Å². The summed E-state index contributed by atoms with van der Waals surface area (Å²) in [5.41, 5.74) is 1.69. The minimum atomic E-state index is -0.801. The first kappa shape index (κ1) is 14.7. The molecular weight excluding hydrogens is 308 g/mol. The van der Waals surface area contributed by atoms with E-state index >= 15 is 0 Å². The summed E-state index contributed by atoms with van der Waals surface area (Å²) in [6.07, 6.45) is -0.801. The molecule has 0 aromatic heterocycles. The van der Waals surface area contributed by atoms with Gasteiger partial charge in [-0.3, -0.25) is 19.7 Å². The van der Waals surface area contributed by atoms with E-state index in [1.54, 1.807) is 12.2 Å². The smallest absolute Gasteiger partial charge is 0.259 e. The second-order valence-electron chi connectivity index (χ2n) is 5.78. The molecule has 24 heavy (non-hydrogen) atoms. The van der Waals surface area contributed by atoms with Gasteiger partial charge in [-0.2, -0.15) is 0 Å². The van der Waals surface area contributed by atoms with E-state index in [0.29, 0.717) is 0 Å². The van der Waals surface area contributed by atoms with Gasteiger partial charge in [-0.1, -0.05) is 30.3 Å². The number of hydrogen-bond donors (Lipinski definition) is 1. The number of nitrogens with zero attached hydrogens (tertiary/aromatic N) is 1. The summed E-state index contributed by atoms with van der Waals surface area (Å²) < 4.78 is 5.19. The minimum absolute atomic E-state index is 0.302. The quantitative estimate of drug-likeness (QED) is 0.873.